The number of ketones is 2. The van der Waals surface area contributed by atoms with E-state index in [0.29, 0.717) is 5.56 Å². The fraction of sp³-hybridized carbons (Fsp3) is 0.273. The lowest BCUT2D eigenvalue weighted by atomic mass is 9.69. The van der Waals surface area contributed by atoms with E-state index in [1.165, 1.54) is 31.2 Å². The molecule has 0 aliphatic heterocycles. The summed E-state index contributed by atoms with van der Waals surface area (Å²) in [6, 6.07) is 6.61. The van der Waals surface area contributed by atoms with Crippen molar-refractivity contribution in [3.8, 4) is 11.5 Å². The number of aliphatic hydroxyl groups is 3. The molecule has 0 saturated heterocycles. The molecule has 2 aliphatic carbocycles. The number of Topliss-reactive ketones (excluding diaryl/α,β-unsaturated/α-hetero) is 2. The molecule has 0 saturated carbocycles. The van der Waals surface area contributed by atoms with Gasteiger partial charge in [0.2, 0.25) is 0 Å². The Hall–Kier alpha value is -3.27. The predicted molar refractivity (Wildman–Crippen MR) is 106 cm³/mol. The third-order valence-corrected chi connectivity index (χ3v) is 5.74. The van der Waals surface area contributed by atoms with Crippen LogP contribution in [0.15, 0.2) is 41.5 Å². The lowest BCUT2D eigenvalue weighted by Gasteiger charge is -2.40. The Morgan fingerprint density at radius 2 is 1.74 bits per heavy atom. The van der Waals surface area contributed by atoms with Gasteiger partial charge in [-0.2, -0.15) is 0 Å². The van der Waals surface area contributed by atoms with Gasteiger partial charge >= 0.3 is 0 Å². The van der Waals surface area contributed by atoms with Crippen LogP contribution < -0.4 is 5.32 Å². The van der Waals surface area contributed by atoms with E-state index in [4.69, 9.17) is 0 Å². The number of nitrogens with one attached hydrogen (secondary N) is 1. The Morgan fingerprint density at radius 3 is 2.39 bits per heavy atom. The lowest BCUT2D eigenvalue weighted by Crippen LogP contribution is -2.54. The van der Waals surface area contributed by atoms with Crippen LogP contribution in [-0.2, 0) is 6.54 Å². The van der Waals surface area contributed by atoms with Crippen LogP contribution in [0.1, 0.15) is 39.6 Å². The molecule has 0 amide bonds. The fourth-order valence-electron chi connectivity index (χ4n) is 4.04. The minimum atomic E-state index is -1.87. The van der Waals surface area contributed by atoms with Crippen LogP contribution in [0, 0.1) is 5.82 Å². The maximum atomic E-state index is 13.1. The second-order valence-corrected chi connectivity index (χ2v) is 8.00. The molecule has 0 aromatic heterocycles. The Morgan fingerprint density at radius 1 is 1.10 bits per heavy atom. The molecule has 9 heteroatoms. The number of phenols is 2. The van der Waals surface area contributed by atoms with Crippen molar-refractivity contribution >= 4 is 17.3 Å². The van der Waals surface area contributed by atoms with Gasteiger partial charge < -0.3 is 30.8 Å². The van der Waals surface area contributed by atoms with Gasteiger partial charge in [0.15, 0.2) is 17.3 Å². The smallest absolute Gasteiger partial charge is 0.196 e. The molecule has 2 aromatic carbocycles. The summed E-state index contributed by atoms with van der Waals surface area (Å²) < 4.78 is 13.1. The number of hydrogen-bond acceptors (Lipinski definition) is 8. The molecular formula is C22H20FNO7. The fourth-order valence-corrected chi connectivity index (χ4v) is 4.04. The van der Waals surface area contributed by atoms with Gasteiger partial charge in [-0.1, -0.05) is 12.1 Å². The summed E-state index contributed by atoms with van der Waals surface area (Å²) in [7, 11) is 0. The van der Waals surface area contributed by atoms with Crippen LogP contribution in [0.4, 0.5) is 10.1 Å². The summed E-state index contributed by atoms with van der Waals surface area (Å²) in [5.41, 5.74) is -2.82. The van der Waals surface area contributed by atoms with Crippen molar-refractivity contribution in [3.05, 3.63) is 64.0 Å². The van der Waals surface area contributed by atoms with Gasteiger partial charge in [0.1, 0.15) is 23.8 Å². The van der Waals surface area contributed by atoms with E-state index in [1.807, 2.05) is 0 Å². The summed E-state index contributed by atoms with van der Waals surface area (Å²) in [6.07, 6.45) is -3.96. The van der Waals surface area contributed by atoms with E-state index >= 15 is 0 Å². The van der Waals surface area contributed by atoms with Gasteiger partial charge in [0, 0.05) is 30.2 Å². The maximum Gasteiger partial charge on any atom is 0.196 e. The highest BCUT2D eigenvalue weighted by Crippen LogP contribution is 2.46. The number of carbonyl (C=O) groups is 2. The predicted octanol–water partition coefficient (Wildman–Crippen LogP) is 1.40. The van der Waals surface area contributed by atoms with Crippen LogP contribution in [0.25, 0.3) is 0 Å². The monoisotopic (exact) mass is 429 g/mol. The second-order valence-electron chi connectivity index (χ2n) is 8.00. The Bertz CT molecular complexity index is 1140. The molecule has 0 heterocycles. The molecule has 6 N–H and O–H groups in total. The third kappa shape index (κ3) is 3.27. The molecule has 3 atom stereocenters. The summed E-state index contributed by atoms with van der Waals surface area (Å²) in [5.74, 6) is -3.35. The van der Waals surface area contributed by atoms with Gasteiger partial charge in [-0.25, -0.2) is 4.39 Å². The highest BCUT2D eigenvalue weighted by Gasteiger charge is 2.51. The van der Waals surface area contributed by atoms with Crippen molar-refractivity contribution in [1.29, 1.82) is 0 Å². The number of hydrogen-bond donors (Lipinski definition) is 6. The number of carbonyl (C=O) groups excluding carboxylic acids is 2. The molecular weight excluding hydrogens is 409 g/mol. The average molecular weight is 429 g/mol. The molecule has 31 heavy (non-hydrogen) atoms. The number of benzene rings is 2. The number of aliphatic hydroxyl groups excluding tert-OH is 2. The van der Waals surface area contributed by atoms with Crippen molar-refractivity contribution in [2.75, 3.05) is 5.32 Å². The Kier molecular flexibility index (Phi) is 4.84. The molecule has 0 spiro atoms. The number of halogens is 1. The van der Waals surface area contributed by atoms with E-state index < -0.39 is 69.8 Å². The van der Waals surface area contributed by atoms with Gasteiger partial charge in [0.25, 0.3) is 0 Å². The minimum absolute atomic E-state index is 0.0334. The van der Waals surface area contributed by atoms with Crippen molar-refractivity contribution in [2.45, 2.75) is 37.7 Å². The number of aromatic hydroxyl groups is 2. The van der Waals surface area contributed by atoms with E-state index in [0.717, 1.165) is 6.07 Å². The summed E-state index contributed by atoms with van der Waals surface area (Å²) in [5, 5.41) is 54.8. The number of fused-ring (bicyclic) bond motifs is 1. The zero-order valence-electron chi connectivity index (χ0n) is 16.4. The second kappa shape index (κ2) is 7.16. The Balaban J connectivity index is 1.76. The molecule has 0 fully saturated rings. The standard InChI is InChI=1S/C22H20FNO7/c1-22(31)7-11-14(20(29)21(22)30)19(28)15-13(25)6-12(18(27)16(15)17(11)26)24-8-9-2-4-10(23)5-3-9/h2-6,20-21,24-25,27,29-31H,7-8H2,1H3/t20-,21+,22-/m0/s1. The molecule has 4 rings (SSSR count). The first-order chi connectivity index (χ1) is 14.5. The van der Waals surface area contributed by atoms with Crippen molar-refractivity contribution in [1.82, 2.24) is 0 Å². The van der Waals surface area contributed by atoms with Gasteiger partial charge in [0.05, 0.1) is 22.4 Å². The summed E-state index contributed by atoms with van der Waals surface area (Å²) >= 11 is 0. The quantitative estimate of drug-likeness (QED) is 0.317. The van der Waals surface area contributed by atoms with Crippen molar-refractivity contribution < 1.29 is 39.5 Å². The molecule has 162 valence electrons. The molecule has 0 bridgehead atoms. The largest absolute Gasteiger partial charge is 0.507 e. The highest BCUT2D eigenvalue weighted by molar-refractivity contribution is 6.30. The molecule has 2 aromatic rings. The van der Waals surface area contributed by atoms with Crippen LogP contribution in [-0.4, -0.2) is 54.9 Å². The highest BCUT2D eigenvalue weighted by atomic mass is 19.1. The van der Waals surface area contributed by atoms with Gasteiger partial charge in [-0.15, -0.1) is 0 Å². The number of rotatable bonds is 3. The van der Waals surface area contributed by atoms with Crippen LogP contribution in [0.2, 0.25) is 0 Å². The topological polar surface area (TPSA) is 147 Å². The molecule has 0 radical (unpaired) electrons. The van der Waals surface area contributed by atoms with E-state index in [-0.39, 0.29) is 17.8 Å². The normalized spacial score (nSPS) is 25.3. The number of phenolic OH excluding ortho intramolecular Hbond substituents is 2. The van der Waals surface area contributed by atoms with Crippen LogP contribution in [0.3, 0.4) is 0 Å². The molecule has 0 unspecified atom stereocenters. The maximum absolute atomic E-state index is 13.1. The average Bonchev–Trinajstić information content (AvgIpc) is 2.71. The zero-order chi connectivity index (χ0) is 22.7. The van der Waals surface area contributed by atoms with Crippen LogP contribution in [0.5, 0.6) is 11.5 Å². The van der Waals surface area contributed by atoms with E-state index in [2.05, 4.69) is 5.32 Å². The summed E-state index contributed by atoms with van der Waals surface area (Å²) in [4.78, 5) is 26.1. The first kappa shape index (κ1) is 21.0. The SMILES string of the molecule is C[C@]1(O)CC2=C(C(=O)c3c(O)cc(NCc4ccc(F)cc4)c(O)c3C2=O)[C@H](O)[C@H]1O. The zero-order valence-corrected chi connectivity index (χ0v) is 16.4. The number of anilines is 1. The summed E-state index contributed by atoms with van der Waals surface area (Å²) in [6.45, 7) is 1.34. The minimum Gasteiger partial charge on any atom is -0.507 e. The van der Waals surface area contributed by atoms with Crippen molar-refractivity contribution in [3.63, 3.8) is 0 Å². The third-order valence-electron chi connectivity index (χ3n) is 5.74. The van der Waals surface area contributed by atoms with Gasteiger partial charge in [-0.3, -0.25) is 9.59 Å². The first-order valence-corrected chi connectivity index (χ1v) is 9.51. The van der Waals surface area contributed by atoms with E-state index in [1.54, 1.807) is 0 Å². The first-order valence-electron chi connectivity index (χ1n) is 9.51. The molecule has 2 aliphatic rings. The van der Waals surface area contributed by atoms with Crippen LogP contribution >= 0.6 is 0 Å². The van der Waals surface area contributed by atoms with Gasteiger partial charge in [-0.05, 0) is 24.6 Å². The van der Waals surface area contributed by atoms with Crippen molar-refractivity contribution in [2.24, 2.45) is 0 Å². The molecule has 8 nitrogen and oxygen atoms in total. The van der Waals surface area contributed by atoms with E-state index in [9.17, 15) is 39.5 Å². The Labute approximate surface area is 175 Å². The lowest BCUT2D eigenvalue weighted by molar-refractivity contribution is -0.111.